The first-order valence-corrected chi connectivity index (χ1v) is 9.54. The van der Waals surface area contributed by atoms with Gasteiger partial charge in [0.15, 0.2) is 15.8 Å². The molecule has 0 aromatic carbocycles. The second-order valence-corrected chi connectivity index (χ2v) is 9.71. The van der Waals surface area contributed by atoms with Gasteiger partial charge in [-0.2, -0.15) is 0 Å². The average Bonchev–Trinajstić information content (AvgIpc) is 3.22. The number of likely N-dealkylation sites (N-methyl/N-ethyl adjacent to an activating group) is 1. The molecule has 0 atom stereocenters. The summed E-state index contributed by atoms with van der Waals surface area (Å²) in [7, 11) is 0.510. The Kier molecular flexibility index (Phi) is 9.99. The van der Waals surface area contributed by atoms with E-state index in [1.807, 2.05) is 11.9 Å². The number of nitrogens with one attached hydrogen (secondary N) is 1. The summed E-state index contributed by atoms with van der Waals surface area (Å²) in [5.41, 5.74) is 0. The highest BCUT2D eigenvalue weighted by Gasteiger charge is 2.28. The lowest BCUT2D eigenvalue weighted by molar-refractivity contribution is 0.115. The quantitative estimate of drug-likeness (QED) is 0.258. The summed E-state index contributed by atoms with van der Waals surface area (Å²) in [6.45, 7) is 7.77. The number of hydrogen-bond donors (Lipinski definition) is 1. The van der Waals surface area contributed by atoms with Crippen LogP contribution in [0, 0.1) is 5.92 Å². The first kappa shape index (κ1) is 22.9. The van der Waals surface area contributed by atoms with E-state index in [1.54, 1.807) is 27.8 Å². The summed E-state index contributed by atoms with van der Waals surface area (Å²) >= 11 is 0. The van der Waals surface area contributed by atoms with E-state index in [2.05, 4.69) is 10.3 Å². The molecule has 1 aliphatic carbocycles. The highest BCUT2D eigenvalue weighted by molar-refractivity contribution is 14.0. The second kappa shape index (κ2) is 10.0. The number of rotatable bonds is 8. The molecular weight excluding hydrogens is 429 g/mol. The van der Waals surface area contributed by atoms with Crippen molar-refractivity contribution < 1.29 is 13.2 Å². The molecule has 1 N–H and O–H groups in total. The lowest BCUT2D eigenvalue weighted by atomic mass is 10.3. The van der Waals surface area contributed by atoms with Crippen molar-refractivity contribution in [3.8, 4) is 0 Å². The van der Waals surface area contributed by atoms with Crippen LogP contribution in [0.4, 0.5) is 0 Å². The summed E-state index contributed by atoms with van der Waals surface area (Å²) in [6, 6.07) is 0. The topological polar surface area (TPSA) is 71.0 Å². The fourth-order valence-corrected chi connectivity index (χ4v) is 2.81. The van der Waals surface area contributed by atoms with Crippen molar-refractivity contribution in [3.63, 3.8) is 0 Å². The zero-order valence-electron chi connectivity index (χ0n) is 15.0. The molecular formula is C15H32IN3O3S. The maximum Gasteiger partial charge on any atom is 0.193 e. The van der Waals surface area contributed by atoms with Gasteiger partial charge in [0.25, 0.3) is 0 Å². The molecule has 1 aliphatic rings. The zero-order valence-corrected chi connectivity index (χ0v) is 18.1. The Balaban J connectivity index is 0.00000484. The van der Waals surface area contributed by atoms with Gasteiger partial charge >= 0.3 is 0 Å². The maximum absolute atomic E-state index is 12.1. The SMILES string of the molecule is CN=C(NCCS(=O)(=O)C(C)(C)C)N(C)CCOCC1CC1.I. The van der Waals surface area contributed by atoms with E-state index in [1.165, 1.54) is 12.8 Å². The summed E-state index contributed by atoms with van der Waals surface area (Å²) < 4.78 is 29.0. The van der Waals surface area contributed by atoms with E-state index in [9.17, 15) is 8.42 Å². The molecule has 138 valence electrons. The van der Waals surface area contributed by atoms with E-state index < -0.39 is 14.6 Å². The minimum atomic E-state index is -3.11. The molecule has 0 bridgehead atoms. The Morgan fingerprint density at radius 2 is 1.96 bits per heavy atom. The number of ether oxygens (including phenoxy) is 1. The van der Waals surface area contributed by atoms with Crippen LogP contribution in [0.1, 0.15) is 33.6 Å². The lowest BCUT2D eigenvalue weighted by Gasteiger charge is -2.23. The summed E-state index contributed by atoms with van der Waals surface area (Å²) in [6.07, 6.45) is 2.59. The van der Waals surface area contributed by atoms with Gasteiger partial charge in [-0.25, -0.2) is 8.42 Å². The van der Waals surface area contributed by atoms with E-state index in [-0.39, 0.29) is 29.7 Å². The van der Waals surface area contributed by atoms with Crippen molar-refractivity contribution in [2.75, 3.05) is 46.2 Å². The molecule has 6 nitrogen and oxygen atoms in total. The molecule has 0 aromatic rings. The Bertz CT molecular complexity index is 471. The van der Waals surface area contributed by atoms with Gasteiger partial charge in [-0.15, -0.1) is 24.0 Å². The first-order valence-electron chi connectivity index (χ1n) is 7.89. The van der Waals surface area contributed by atoms with Crippen molar-refractivity contribution in [1.29, 1.82) is 0 Å². The molecule has 1 saturated carbocycles. The van der Waals surface area contributed by atoms with Gasteiger partial charge in [-0.05, 0) is 39.5 Å². The smallest absolute Gasteiger partial charge is 0.193 e. The number of nitrogens with zero attached hydrogens (tertiary/aromatic N) is 2. The van der Waals surface area contributed by atoms with Crippen LogP contribution in [-0.2, 0) is 14.6 Å². The predicted molar refractivity (Wildman–Crippen MR) is 106 cm³/mol. The molecule has 0 saturated heterocycles. The summed E-state index contributed by atoms with van der Waals surface area (Å²) in [4.78, 5) is 6.13. The Morgan fingerprint density at radius 3 is 2.43 bits per heavy atom. The van der Waals surface area contributed by atoms with Crippen molar-refractivity contribution >= 4 is 39.8 Å². The highest BCUT2D eigenvalue weighted by Crippen LogP contribution is 2.28. The minimum absolute atomic E-state index is 0. The number of hydrogen-bond acceptors (Lipinski definition) is 4. The highest BCUT2D eigenvalue weighted by atomic mass is 127. The Labute approximate surface area is 158 Å². The first-order chi connectivity index (χ1) is 10.2. The van der Waals surface area contributed by atoms with E-state index >= 15 is 0 Å². The van der Waals surface area contributed by atoms with Crippen LogP contribution in [0.3, 0.4) is 0 Å². The fourth-order valence-electron chi connectivity index (χ4n) is 1.83. The molecule has 0 aliphatic heterocycles. The average molecular weight is 461 g/mol. The number of aliphatic imine (C=N–C) groups is 1. The van der Waals surface area contributed by atoms with Gasteiger partial charge in [0.2, 0.25) is 0 Å². The molecule has 0 unspecified atom stereocenters. The molecule has 23 heavy (non-hydrogen) atoms. The van der Waals surface area contributed by atoms with Crippen LogP contribution in [0.2, 0.25) is 0 Å². The maximum atomic E-state index is 12.1. The van der Waals surface area contributed by atoms with E-state index in [0.29, 0.717) is 19.1 Å². The van der Waals surface area contributed by atoms with Crippen molar-refractivity contribution in [1.82, 2.24) is 10.2 Å². The van der Waals surface area contributed by atoms with E-state index in [0.717, 1.165) is 19.1 Å². The molecule has 1 rings (SSSR count). The number of sulfone groups is 1. The van der Waals surface area contributed by atoms with Gasteiger partial charge < -0.3 is 15.0 Å². The van der Waals surface area contributed by atoms with Gasteiger partial charge in [0.1, 0.15) is 0 Å². The third-order valence-corrected chi connectivity index (χ3v) is 6.39. The predicted octanol–water partition coefficient (Wildman–Crippen LogP) is 1.75. The van der Waals surface area contributed by atoms with Crippen LogP contribution in [-0.4, -0.2) is 70.2 Å². The van der Waals surface area contributed by atoms with Crippen molar-refractivity contribution in [2.24, 2.45) is 10.9 Å². The summed E-state index contributed by atoms with van der Waals surface area (Å²) in [5.74, 6) is 1.56. The fraction of sp³-hybridized carbons (Fsp3) is 0.933. The number of halogens is 1. The van der Waals surface area contributed by atoms with Gasteiger partial charge in [0, 0.05) is 33.8 Å². The van der Waals surface area contributed by atoms with Crippen LogP contribution < -0.4 is 5.32 Å². The molecule has 0 amide bonds. The van der Waals surface area contributed by atoms with Crippen LogP contribution in [0.5, 0.6) is 0 Å². The molecule has 0 radical (unpaired) electrons. The Morgan fingerprint density at radius 1 is 1.35 bits per heavy atom. The van der Waals surface area contributed by atoms with E-state index in [4.69, 9.17) is 4.74 Å². The lowest BCUT2D eigenvalue weighted by Crippen LogP contribution is -2.43. The third kappa shape index (κ3) is 8.53. The van der Waals surface area contributed by atoms with Crippen LogP contribution in [0.15, 0.2) is 4.99 Å². The zero-order chi connectivity index (χ0) is 16.8. The van der Waals surface area contributed by atoms with Gasteiger partial charge in [-0.1, -0.05) is 0 Å². The summed E-state index contributed by atoms with van der Waals surface area (Å²) in [5, 5.41) is 3.10. The molecule has 0 aromatic heterocycles. The van der Waals surface area contributed by atoms with Crippen LogP contribution in [0.25, 0.3) is 0 Å². The van der Waals surface area contributed by atoms with Gasteiger partial charge in [-0.3, -0.25) is 4.99 Å². The monoisotopic (exact) mass is 461 g/mol. The molecule has 0 spiro atoms. The number of guanidine groups is 1. The minimum Gasteiger partial charge on any atom is -0.379 e. The van der Waals surface area contributed by atoms with Crippen molar-refractivity contribution in [3.05, 3.63) is 0 Å². The third-order valence-electron chi connectivity index (χ3n) is 3.78. The standard InChI is InChI=1S/C15H31N3O3S.HI/c1-15(2,3)22(19,20)11-8-17-14(16-4)18(5)9-10-21-12-13-6-7-13;/h13H,6-12H2,1-5H3,(H,16,17);1H. The largest absolute Gasteiger partial charge is 0.379 e. The molecule has 8 heteroatoms. The normalized spacial score (nSPS) is 16.0. The van der Waals surface area contributed by atoms with Gasteiger partial charge in [0.05, 0.1) is 17.1 Å². The second-order valence-electron chi connectivity index (χ2n) is 6.85. The van der Waals surface area contributed by atoms with Crippen molar-refractivity contribution in [2.45, 2.75) is 38.4 Å². The molecule has 0 heterocycles. The van der Waals surface area contributed by atoms with Crippen LogP contribution >= 0.6 is 24.0 Å². The Hall–Kier alpha value is -0.0900. The molecule has 1 fully saturated rings.